The molecule has 1 heterocycles. The van der Waals surface area contributed by atoms with Crippen LogP contribution in [0.2, 0.25) is 0 Å². The summed E-state index contributed by atoms with van der Waals surface area (Å²) >= 11 is 0. The number of rotatable bonds is 4. The van der Waals surface area contributed by atoms with Gasteiger partial charge in [-0.15, -0.1) is 0 Å². The van der Waals surface area contributed by atoms with Crippen LogP contribution in [0.3, 0.4) is 0 Å². The quantitative estimate of drug-likeness (QED) is 0.884. The Morgan fingerprint density at radius 3 is 2.40 bits per heavy atom. The van der Waals surface area contributed by atoms with Gasteiger partial charge >= 0.3 is 0 Å². The van der Waals surface area contributed by atoms with Gasteiger partial charge in [0.05, 0.1) is 12.8 Å². The molecule has 1 fully saturated rings. The summed E-state index contributed by atoms with van der Waals surface area (Å²) in [4.78, 5) is 0. The first-order chi connectivity index (χ1) is 9.54. The van der Waals surface area contributed by atoms with Gasteiger partial charge in [0.15, 0.2) is 0 Å². The number of hydrogen-bond donors (Lipinski definition) is 1. The summed E-state index contributed by atoms with van der Waals surface area (Å²) in [6, 6.07) is 11.6. The maximum atomic E-state index is 5.63. The molecule has 0 unspecified atom stereocenters. The Balaban J connectivity index is 1.79. The third kappa shape index (κ3) is 2.96. The van der Waals surface area contributed by atoms with Crippen molar-refractivity contribution in [3.05, 3.63) is 47.9 Å². The molecule has 1 aromatic heterocycles. The molecule has 3 rings (SSSR count). The van der Waals surface area contributed by atoms with Crippen molar-refractivity contribution in [3.63, 3.8) is 0 Å². The van der Waals surface area contributed by atoms with Crippen LogP contribution in [0.25, 0.3) is 11.1 Å². The average Bonchev–Trinajstić information content (AvgIpc) is 3.12. The van der Waals surface area contributed by atoms with Crippen molar-refractivity contribution in [2.75, 3.05) is 0 Å². The van der Waals surface area contributed by atoms with Gasteiger partial charge in [0.2, 0.25) is 0 Å². The highest BCUT2D eigenvalue weighted by molar-refractivity contribution is 5.65. The van der Waals surface area contributed by atoms with E-state index in [-0.39, 0.29) is 5.41 Å². The molecule has 2 nitrogen and oxygen atoms in total. The van der Waals surface area contributed by atoms with Gasteiger partial charge in [0, 0.05) is 11.6 Å². The predicted molar refractivity (Wildman–Crippen MR) is 82.7 cm³/mol. The molecule has 106 valence electrons. The summed E-state index contributed by atoms with van der Waals surface area (Å²) in [7, 11) is 0. The fourth-order valence-electron chi connectivity index (χ4n) is 2.41. The van der Waals surface area contributed by atoms with Crippen molar-refractivity contribution in [3.8, 4) is 11.1 Å². The zero-order valence-corrected chi connectivity index (χ0v) is 12.6. The lowest BCUT2D eigenvalue weighted by atomic mass is 9.86. The van der Waals surface area contributed by atoms with E-state index in [1.165, 1.54) is 29.5 Å². The molecule has 0 radical (unpaired) electrons. The van der Waals surface area contributed by atoms with Crippen LogP contribution in [0.5, 0.6) is 0 Å². The van der Waals surface area contributed by atoms with Crippen molar-refractivity contribution in [2.45, 2.75) is 51.6 Å². The Hall–Kier alpha value is -1.54. The van der Waals surface area contributed by atoms with E-state index in [0.717, 1.165) is 12.3 Å². The van der Waals surface area contributed by atoms with E-state index in [0.29, 0.717) is 6.04 Å². The zero-order chi connectivity index (χ0) is 14.2. The molecular formula is C18H23NO. The third-order valence-electron chi connectivity index (χ3n) is 3.94. The summed E-state index contributed by atoms with van der Waals surface area (Å²) in [6.45, 7) is 7.55. The third-order valence-corrected chi connectivity index (χ3v) is 3.94. The molecular weight excluding hydrogens is 246 g/mol. The normalized spacial score (nSPS) is 15.6. The van der Waals surface area contributed by atoms with Gasteiger partial charge in [-0.3, -0.25) is 0 Å². The second-order valence-corrected chi connectivity index (χ2v) is 6.74. The van der Waals surface area contributed by atoms with Crippen LogP contribution in [-0.2, 0) is 12.0 Å². The van der Waals surface area contributed by atoms with Gasteiger partial charge in [0.25, 0.3) is 0 Å². The molecule has 0 atom stereocenters. The highest BCUT2D eigenvalue weighted by Crippen LogP contribution is 2.29. The lowest BCUT2D eigenvalue weighted by Gasteiger charge is -2.19. The van der Waals surface area contributed by atoms with E-state index >= 15 is 0 Å². The topological polar surface area (TPSA) is 25.2 Å². The summed E-state index contributed by atoms with van der Waals surface area (Å²) in [5.41, 5.74) is 4.01. The van der Waals surface area contributed by atoms with Crippen LogP contribution in [0.15, 0.2) is 41.0 Å². The van der Waals surface area contributed by atoms with Crippen molar-refractivity contribution >= 4 is 0 Å². The van der Waals surface area contributed by atoms with E-state index in [1.54, 1.807) is 6.26 Å². The van der Waals surface area contributed by atoms with E-state index in [2.05, 4.69) is 56.4 Å². The van der Waals surface area contributed by atoms with Crippen LogP contribution in [0.1, 0.15) is 44.9 Å². The fourth-order valence-corrected chi connectivity index (χ4v) is 2.41. The van der Waals surface area contributed by atoms with Crippen molar-refractivity contribution < 1.29 is 4.42 Å². The summed E-state index contributed by atoms with van der Waals surface area (Å²) < 4.78 is 5.63. The van der Waals surface area contributed by atoms with Crippen molar-refractivity contribution in [2.24, 2.45) is 0 Å². The highest BCUT2D eigenvalue weighted by atomic mass is 16.3. The molecule has 2 aromatic rings. The minimum atomic E-state index is 0.200. The molecule has 20 heavy (non-hydrogen) atoms. The molecule has 0 spiro atoms. The first kappa shape index (κ1) is 13.4. The van der Waals surface area contributed by atoms with Crippen LogP contribution < -0.4 is 5.32 Å². The zero-order valence-electron chi connectivity index (χ0n) is 12.6. The molecule has 1 aromatic carbocycles. The minimum Gasteiger partial charge on any atom is -0.467 e. The average molecular weight is 269 g/mol. The number of furan rings is 1. The second kappa shape index (κ2) is 5.10. The first-order valence-corrected chi connectivity index (χ1v) is 7.45. The predicted octanol–water partition coefficient (Wildman–Crippen LogP) is 4.50. The van der Waals surface area contributed by atoms with E-state index in [1.807, 2.05) is 0 Å². The Bertz CT molecular complexity index is 570. The largest absolute Gasteiger partial charge is 0.467 e. The minimum absolute atomic E-state index is 0.200. The lowest BCUT2D eigenvalue weighted by Crippen LogP contribution is -2.15. The van der Waals surface area contributed by atoms with Gasteiger partial charge < -0.3 is 9.73 Å². The van der Waals surface area contributed by atoms with Crippen molar-refractivity contribution in [1.82, 2.24) is 5.32 Å². The molecule has 0 bridgehead atoms. The fraction of sp³-hybridized carbons (Fsp3) is 0.444. The highest BCUT2D eigenvalue weighted by Gasteiger charge is 2.21. The van der Waals surface area contributed by atoms with Crippen molar-refractivity contribution in [1.29, 1.82) is 0 Å². The van der Waals surface area contributed by atoms with E-state index in [9.17, 15) is 0 Å². The number of benzene rings is 1. The number of hydrogen-bond acceptors (Lipinski definition) is 2. The molecule has 1 saturated carbocycles. The van der Waals surface area contributed by atoms with E-state index < -0.39 is 0 Å². The molecule has 2 heteroatoms. The SMILES string of the molecule is CC(C)(C)c1ccc(-c2ccoc2CNC2CC2)cc1. The number of nitrogens with one attached hydrogen (secondary N) is 1. The van der Waals surface area contributed by atoms with Gasteiger partial charge in [0.1, 0.15) is 5.76 Å². The lowest BCUT2D eigenvalue weighted by molar-refractivity contribution is 0.483. The first-order valence-electron chi connectivity index (χ1n) is 7.45. The van der Waals surface area contributed by atoms with Gasteiger partial charge in [-0.1, -0.05) is 45.0 Å². The monoisotopic (exact) mass is 269 g/mol. The molecule has 1 aliphatic rings. The van der Waals surface area contributed by atoms with Gasteiger partial charge in [-0.25, -0.2) is 0 Å². The van der Waals surface area contributed by atoms with Crippen LogP contribution in [0, 0.1) is 0 Å². The maximum absolute atomic E-state index is 5.63. The van der Waals surface area contributed by atoms with Crippen LogP contribution >= 0.6 is 0 Å². The van der Waals surface area contributed by atoms with Crippen LogP contribution in [-0.4, -0.2) is 6.04 Å². The molecule has 0 aliphatic heterocycles. The molecule has 0 amide bonds. The van der Waals surface area contributed by atoms with Gasteiger partial charge in [-0.2, -0.15) is 0 Å². The summed E-state index contributed by atoms with van der Waals surface area (Å²) in [6.07, 6.45) is 4.39. The molecule has 1 aliphatic carbocycles. The Morgan fingerprint density at radius 1 is 1.10 bits per heavy atom. The molecule has 1 N–H and O–H groups in total. The Kier molecular flexibility index (Phi) is 3.43. The van der Waals surface area contributed by atoms with E-state index in [4.69, 9.17) is 4.42 Å². The standard InChI is InChI=1S/C18H23NO/c1-18(2,3)14-6-4-13(5-7-14)16-10-11-20-17(16)12-19-15-8-9-15/h4-7,10-11,15,19H,8-9,12H2,1-3H3. The Labute approximate surface area is 121 Å². The van der Waals surface area contributed by atoms with Gasteiger partial charge in [-0.05, 0) is 35.4 Å². The Morgan fingerprint density at radius 2 is 1.80 bits per heavy atom. The van der Waals surface area contributed by atoms with Crippen LogP contribution in [0.4, 0.5) is 0 Å². The smallest absolute Gasteiger partial charge is 0.125 e. The second-order valence-electron chi connectivity index (χ2n) is 6.74. The molecule has 0 saturated heterocycles. The maximum Gasteiger partial charge on any atom is 0.125 e. The summed E-state index contributed by atoms with van der Waals surface area (Å²) in [5.74, 6) is 1.04. The summed E-state index contributed by atoms with van der Waals surface area (Å²) in [5, 5.41) is 3.51.